The Balaban J connectivity index is 2.83. The van der Waals surface area contributed by atoms with Gasteiger partial charge in [0.05, 0.1) is 11.4 Å². The second-order valence-electron chi connectivity index (χ2n) is 4.27. The molecule has 0 amide bonds. The van der Waals surface area contributed by atoms with Crippen molar-refractivity contribution in [2.45, 2.75) is 34.1 Å². The second-order valence-corrected chi connectivity index (χ2v) is 4.27. The van der Waals surface area contributed by atoms with Crippen molar-refractivity contribution in [3.05, 3.63) is 22.8 Å². The van der Waals surface area contributed by atoms with Crippen LogP contribution in [0.4, 0.5) is 0 Å². The highest BCUT2D eigenvalue weighted by Gasteiger charge is 2.14. The van der Waals surface area contributed by atoms with Gasteiger partial charge in [0.25, 0.3) is 0 Å². The van der Waals surface area contributed by atoms with Crippen LogP contribution in [0.1, 0.15) is 41.4 Å². The molecule has 18 heavy (non-hydrogen) atoms. The van der Waals surface area contributed by atoms with Crippen molar-refractivity contribution >= 4 is 5.97 Å². The maximum absolute atomic E-state index is 11.0. The predicted molar refractivity (Wildman–Crippen MR) is 70.0 cm³/mol. The molecule has 1 heterocycles. The largest absolute Gasteiger partial charge is 0.478 e. The Morgan fingerprint density at radius 2 is 1.67 bits per heavy atom. The molecule has 0 saturated heterocycles. The third kappa shape index (κ3) is 3.50. The van der Waals surface area contributed by atoms with Gasteiger partial charge in [0.1, 0.15) is 11.4 Å². The van der Waals surface area contributed by atoms with Crippen molar-refractivity contribution < 1.29 is 9.90 Å². The molecular formula is C13H21N3O2. The zero-order valence-corrected chi connectivity index (χ0v) is 11.5. The third-order valence-electron chi connectivity index (χ3n) is 3.08. The molecule has 0 aliphatic rings. The van der Waals surface area contributed by atoms with Crippen molar-refractivity contribution in [1.82, 2.24) is 14.9 Å². The van der Waals surface area contributed by atoms with Crippen LogP contribution in [0, 0.1) is 13.8 Å². The number of aryl methyl sites for hydroxylation is 2. The number of likely N-dealkylation sites (N-methyl/N-ethyl adjacent to an activating group) is 1. The van der Waals surface area contributed by atoms with Crippen molar-refractivity contribution in [3.8, 4) is 0 Å². The van der Waals surface area contributed by atoms with E-state index < -0.39 is 5.97 Å². The molecule has 0 atom stereocenters. The molecule has 1 aromatic heterocycles. The summed E-state index contributed by atoms with van der Waals surface area (Å²) in [6.45, 7) is 10.6. The van der Waals surface area contributed by atoms with E-state index in [-0.39, 0.29) is 5.56 Å². The van der Waals surface area contributed by atoms with Gasteiger partial charge < -0.3 is 10.0 Å². The lowest BCUT2D eigenvalue weighted by molar-refractivity contribution is 0.0694. The highest BCUT2D eigenvalue weighted by Crippen LogP contribution is 2.10. The van der Waals surface area contributed by atoms with E-state index in [4.69, 9.17) is 5.11 Å². The lowest BCUT2D eigenvalue weighted by atomic mass is 10.1. The molecule has 0 unspecified atom stereocenters. The highest BCUT2D eigenvalue weighted by atomic mass is 16.4. The van der Waals surface area contributed by atoms with Gasteiger partial charge in [-0.15, -0.1) is 0 Å². The number of carbonyl (C=O) groups is 1. The van der Waals surface area contributed by atoms with E-state index in [1.807, 2.05) is 0 Å². The molecule has 1 aromatic rings. The molecule has 0 spiro atoms. The smallest absolute Gasteiger partial charge is 0.339 e. The number of aromatic nitrogens is 2. The average Bonchev–Trinajstić information content (AvgIpc) is 2.28. The van der Waals surface area contributed by atoms with Crippen molar-refractivity contribution in [1.29, 1.82) is 0 Å². The minimum atomic E-state index is -0.958. The number of carboxylic acids is 1. The molecule has 0 fully saturated rings. The van der Waals surface area contributed by atoms with Crippen molar-refractivity contribution in [2.75, 3.05) is 19.6 Å². The zero-order valence-electron chi connectivity index (χ0n) is 11.5. The number of carboxylic acid groups (broad SMARTS) is 1. The summed E-state index contributed by atoms with van der Waals surface area (Å²) in [7, 11) is 0. The lowest BCUT2D eigenvalue weighted by Crippen LogP contribution is -2.26. The Hall–Kier alpha value is -1.49. The summed E-state index contributed by atoms with van der Waals surface area (Å²) >= 11 is 0. The summed E-state index contributed by atoms with van der Waals surface area (Å²) in [5.74, 6) is -0.234. The quantitative estimate of drug-likeness (QED) is 0.833. The number of hydrogen-bond donors (Lipinski definition) is 1. The minimum Gasteiger partial charge on any atom is -0.478 e. The van der Waals surface area contributed by atoms with Crippen LogP contribution in [-0.4, -0.2) is 45.6 Å². The van der Waals surface area contributed by atoms with Crippen LogP contribution in [0.25, 0.3) is 0 Å². The summed E-state index contributed by atoms with van der Waals surface area (Å²) in [4.78, 5) is 21.9. The van der Waals surface area contributed by atoms with E-state index >= 15 is 0 Å². The van der Waals surface area contributed by atoms with Crippen LogP contribution in [0.3, 0.4) is 0 Å². The third-order valence-corrected chi connectivity index (χ3v) is 3.08. The lowest BCUT2D eigenvalue weighted by Gasteiger charge is -2.17. The Labute approximate surface area is 108 Å². The van der Waals surface area contributed by atoms with Crippen molar-refractivity contribution in [3.63, 3.8) is 0 Å². The molecular weight excluding hydrogens is 230 g/mol. The van der Waals surface area contributed by atoms with Gasteiger partial charge >= 0.3 is 5.97 Å². The average molecular weight is 251 g/mol. The van der Waals surface area contributed by atoms with Gasteiger partial charge in [0.2, 0.25) is 0 Å². The molecule has 5 nitrogen and oxygen atoms in total. The summed E-state index contributed by atoms with van der Waals surface area (Å²) in [5.41, 5.74) is 1.32. The Morgan fingerprint density at radius 1 is 1.17 bits per heavy atom. The Bertz CT molecular complexity index is 405. The van der Waals surface area contributed by atoms with Gasteiger partial charge in [-0.1, -0.05) is 13.8 Å². The maximum Gasteiger partial charge on any atom is 0.339 e. The van der Waals surface area contributed by atoms with Gasteiger partial charge in [-0.3, -0.25) is 0 Å². The van der Waals surface area contributed by atoms with E-state index in [1.54, 1.807) is 13.8 Å². The SMILES string of the molecule is CCN(CC)CCc1nc(C)c(C(=O)O)c(C)n1. The normalized spacial score (nSPS) is 10.9. The molecule has 1 rings (SSSR count). The second kappa shape index (κ2) is 6.44. The first-order chi connectivity index (χ1) is 8.49. The summed E-state index contributed by atoms with van der Waals surface area (Å²) in [5, 5.41) is 9.04. The van der Waals surface area contributed by atoms with Crippen LogP contribution < -0.4 is 0 Å². The Morgan fingerprint density at radius 3 is 2.06 bits per heavy atom. The predicted octanol–water partition coefficient (Wildman–Crippen LogP) is 1.68. The number of nitrogens with zero attached hydrogens (tertiary/aromatic N) is 3. The number of rotatable bonds is 6. The first kappa shape index (κ1) is 14.6. The molecule has 0 aliphatic carbocycles. The molecule has 0 saturated carbocycles. The van der Waals surface area contributed by atoms with Gasteiger partial charge in [-0.25, -0.2) is 14.8 Å². The fourth-order valence-corrected chi connectivity index (χ4v) is 2.01. The molecule has 1 N–H and O–H groups in total. The molecule has 0 aliphatic heterocycles. The molecule has 0 aromatic carbocycles. The molecule has 100 valence electrons. The fraction of sp³-hybridized carbons (Fsp3) is 0.615. The van der Waals surface area contributed by atoms with E-state index in [2.05, 4.69) is 28.7 Å². The fourth-order valence-electron chi connectivity index (χ4n) is 2.01. The van der Waals surface area contributed by atoms with Crippen LogP contribution >= 0.6 is 0 Å². The van der Waals surface area contributed by atoms with E-state index in [0.29, 0.717) is 11.4 Å². The first-order valence-electron chi connectivity index (χ1n) is 6.29. The van der Waals surface area contributed by atoms with E-state index in [9.17, 15) is 4.79 Å². The van der Waals surface area contributed by atoms with E-state index in [1.165, 1.54) is 0 Å². The van der Waals surface area contributed by atoms with E-state index in [0.717, 1.165) is 31.9 Å². The molecule has 0 bridgehead atoms. The highest BCUT2D eigenvalue weighted by molar-refractivity contribution is 5.89. The van der Waals surface area contributed by atoms with Crippen LogP contribution in [0.2, 0.25) is 0 Å². The van der Waals surface area contributed by atoms with Gasteiger partial charge in [-0.2, -0.15) is 0 Å². The summed E-state index contributed by atoms with van der Waals surface area (Å²) in [6.07, 6.45) is 0.753. The standard InChI is InChI=1S/C13H21N3O2/c1-5-16(6-2)8-7-11-14-9(3)12(13(17)18)10(4)15-11/h5-8H2,1-4H3,(H,17,18). The monoisotopic (exact) mass is 251 g/mol. The van der Waals surface area contributed by atoms with Crippen LogP contribution in [0.5, 0.6) is 0 Å². The minimum absolute atomic E-state index is 0.224. The number of aromatic carboxylic acids is 1. The summed E-state index contributed by atoms with van der Waals surface area (Å²) < 4.78 is 0. The van der Waals surface area contributed by atoms with Gasteiger partial charge in [0, 0.05) is 13.0 Å². The van der Waals surface area contributed by atoms with Crippen LogP contribution in [0.15, 0.2) is 0 Å². The zero-order chi connectivity index (χ0) is 13.7. The topological polar surface area (TPSA) is 66.3 Å². The first-order valence-corrected chi connectivity index (χ1v) is 6.29. The van der Waals surface area contributed by atoms with Crippen LogP contribution in [-0.2, 0) is 6.42 Å². The summed E-state index contributed by atoms with van der Waals surface area (Å²) in [6, 6.07) is 0. The Kier molecular flexibility index (Phi) is 5.22. The molecule has 0 radical (unpaired) electrons. The van der Waals surface area contributed by atoms with Crippen molar-refractivity contribution in [2.24, 2.45) is 0 Å². The van der Waals surface area contributed by atoms with Gasteiger partial charge in [-0.05, 0) is 26.9 Å². The molecule has 5 heteroatoms. The number of hydrogen-bond acceptors (Lipinski definition) is 4. The van der Waals surface area contributed by atoms with Gasteiger partial charge in [0.15, 0.2) is 0 Å². The maximum atomic E-state index is 11.0.